The van der Waals surface area contributed by atoms with Crippen molar-refractivity contribution in [3.05, 3.63) is 48.3 Å². The Morgan fingerprint density at radius 2 is 1.71 bits per heavy atom. The highest BCUT2D eigenvalue weighted by Crippen LogP contribution is 2.14. The summed E-state index contributed by atoms with van der Waals surface area (Å²) in [5.41, 5.74) is 1.16. The van der Waals surface area contributed by atoms with Gasteiger partial charge in [-0.05, 0) is 52.0 Å². The third kappa shape index (κ3) is 3.29. The van der Waals surface area contributed by atoms with E-state index in [-0.39, 0.29) is 23.8 Å². The first-order valence-corrected chi connectivity index (χ1v) is 7.02. The molecule has 5 heteroatoms. The molecule has 0 aliphatic rings. The van der Waals surface area contributed by atoms with Gasteiger partial charge in [-0.25, -0.2) is 9.37 Å². The van der Waals surface area contributed by atoms with Crippen LogP contribution in [0.5, 0.6) is 0 Å². The zero-order valence-electron chi connectivity index (χ0n) is 12.7. The van der Waals surface area contributed by atoms with Gasteiger partial charge < -0.3 is 9.47 Å². The summed E-state index contributed by atoms with van der Waals surface area (Å²) in [6.45, 7) is 7.92. The van der Waals surface area contributed by atoms with Crippen molar-refractivity contribution < 1.29 is 9.18 Å². The second-order valence-electron chi connectivity index (χ2n) is 5.54. The van der Waals surface area contributed by atoms with E-state index < -0.39 is 0 Å². The zero-order chi connectivity index (χ0) is 15.6. The van der Waals surface area contributed by atoms with Crippen LogP contribution in [-0.4, -0.2) is 32.4 Å². The lowest BCUT2D eigenvalue weighted by Crippen LogP contribution is -2.42. The summed E-state index contributed by atoms with van der Waals surface area (Å²) < 4.78 is 14.6. The summed E-state index contributed by atoms with van der Waals surface area (Å²) >= 11 is 0. The van der Waals surface area contributed by atoms with Gasteiger partial charge in [-0.15, -0.1) is 0 Å². The van der Waals surface area contributed by atoms with Gasteiger partial charge in [0.15, 0.2) is 0 Å². The number of amides is 1. The van der Waals surface area contributed by atoms with Crippen LogP contribution in [0.2, 0.25) is 0 Å². The summed E-state index contributed by atoms with van der Waals surface area (Å²) in [5, 5.41) is 0. The Kier molecular flexibility index (Phi) is 4.40. The molecule has 0 saturated heterocycles. The largest absolute Gasteiger partial charge is 0.332 e. The molecule has 0 bridgehead atoms. The van der Waals surface area contributed by atoms with Gasteiger partial charge in [-0.3, -0.25) is 4.79 Å². The number of aromatic nitrogens is 2. The lowest BCUT2D eigenvalue weighted by Gasteiger charge is -2.30. The van der Waals surface area contributed by atoms with Crippen LogP contribution in [0.15, 0.2) is 36.8 Å². The average Bonchev–Trinajstić information content (AvgIpc) is 2.88. The molecule has 0 N–H and O–H groups in total. The number of carbonyl (C=O) groups is 1. The van der Waals surface area contributed by atoms with Gasteiger partial charge in [-0.1, -0.05) is 0 Å². The first-order valence-electron chi connectivity index (χ1n) is 7.02. The van der Waals surface area contributed by atoms with Crippen LogP contribution in [0.1, 0.15) is 38.2 Å². The second-order valence-corrected chi connectivity index (χ2v) is 5.54. The molecule has 0 unspecified atom stereocenters. The lowest BCUT2D eigenvalue weighted by molar-refractivity contribution is 0.0638. The highest BCUT2D eigenvalue weighted by Gasteiger charge is 2.23. The molecule has 4 nitrogen and oxygen atoms in total. The van der Waals surface area contributed by atoms with E-state index in [0.29, 0.717) is 5.69 Å². The fourth-order valence-corrected chi connectivity index (χ4v) is 2.39. The average molecular weight is 289 g/mol. The number of hydrogen-bond donors (Lipinski definition) is 0. The van der Waals surface area contributed by atoms with Crippen molar-refractivity contribution in [3.8, 4) is 5.69 Å². The number of hydrogen-bond acceptors (Lipinski definition) is 2. The molecule has 0 aliphatic carbocycles. The second kappa shape index (κ2) is 6.08. The summed E-state index contributed by atoms with van der Waals surface area (Å²) in [6, 6.07) is 6.26. The van der Waals surface area contributed by atoms with E-state index in [0.717, 1.165) is 5.69 Å². The highest BCUT2D eigenvalue weighted by molar-refractivity contribution is 5.92. The van der Waals surface area contributed by atoms with Crippen molar-refractivity contribution in [2.75, 3.05) is 0 Å². The molecule has 112 valence electrons. The Morgan fingerprint density at radius 3 is 2.24 bits per heavy atom. The topological polar surface area (TPSA) is 38.1 Å². The van der Waals surface area contributed by atoms with Crippen LogP contribution < -0.4 is 0 Å². The minimum Gasteiger partial charge on any atom is -0.332 e. The molecule has 1 amide bonds. The SMILES string of the molecule is CC(C)N(C(=O)c1cn(-c2ccc(F)cc2)cn1)C(C)C. The van der Waals surface area contributed by atoms with Crippen molar-refractivity contribution in [2.24, 2.45) is 0 Å². The predicted molar refractivity (Wildman–Crippen MR) is 80.0 cm³/mol. The van der Waals surface area contributed by atoms with E-state index in [2.05, 4.69) is 4.98 Å². The van der Waals surface area contributed by atoms with Crippen LogP contribution in [0, 0.1) is 5.82 Å². The van der Waals surface area contributed by atoms with Crippen molar-refractivity contribution in [3.63, 3.8) is 0 Å². The Hall–Kier alpha value is -2.17. The van der Waals surface area contributed by atoms with Gasteiger partial charge in [0.2, 0.25) is 0 Å². The molecular weight excluding hydrogens is 269 g/mol. The van der Waals surface area contributed by atoms with Gasteiger partial charge >= 0.3 is 0 Å². The number of nitrogens with zero attached hydrogens (tertiary/aromatic N) is 3. The zero-order valence-corrected chi connectivity index (χ0v) is 12.7. The summed E-state index contributed by atoms with van der Waals surface area (Å²) in [4.78, 5) is 18.5. The quantitative estimate of drug-likeness (QED) is 0.866. The van der Waals surface area contributed by atoms with Crippen LogP contribution in [-0.2, 0) is 0 Å². The predicted octanol–water partition coefficient (Wildman–Crippen LogP) is 3.27. The molecule has 2 rings (SSSR count). The molecule has 1 aromatic heterocycles. The Morgan fingerprint density at radius 1 is 1.14 bits per heavy atom. The van der Waals surface area contributed by atoms with Gasteiger partial charge in [0.25, 0.3) is 5.91 Å². The maximum absolute atomic E-state index is 12.9. The number of benzene rings is 1. The molecule has 2 aromatic rings. The monoisotopic (exact) mass is 289 g/mol. The third-order valence-corrected chi connectivity index (χ3v) is 3.27. The third-order valence-electron chi connectivity index (χ3n) is 3.27. The van der Waals surface area contributed by atoms with Crippen LogP contribution >= 0.6 is 0 Å². The number of imidazole rings is 1. The fourth-order valence-electron chi connectivity index (χ4n) is 2.39. The van der Waals surface area contributed by atoms with Gasteiger partial charge in [0.05, 0.1) is 0 Å². The lowest BCUT2D eigenvalue weighted by atomic mass is 10.2. The maximum atomic E-state index is 12.9. The summed E-state index contributed by atoms with van der Waals surface area (Å²) in [6.07, 6.45) is 3.24. The fraction of sp³-hybridized carbons (Fsp3) is 0.375. The van der Waals surface area contributed by atoms with E-state index in [1.54, 1.807) is 34.1 Å². The van der Waals surface area contributed by atoms with Crippen LogP contribution in [0.4, 0.5) is 4.39 Å². The molecule has 0 radical (unpaired) electrons. The highest BCUT2D eigenvalue weighted by atomic mass is 19.1. The van der Waals surface area contributed by atoms with Crippen LogP contribution in [0.3, 0.4) is 0 Å². The Bertz CT molecular complexity index is 609. The van der Waals surface area contributed by atoms with Crippen molar-refractivity contribution in [1.29, 1.82) is 0 Å². The first kappa shape index (κ1) is 15.2. The molecule has 1 heterocycles. The van der Waals surface area contributed by atoms with E-state index in [1.807, 2.05) is 27.7 Å². The van der Waals surface area contributed by atoms with Crippen LogP contribution in [0.25, 0.3) is 5.69 Å². The van der Waals surface area contributed by atoms with Crippen molar-refractivity contribution in [2.45, 2.75) is 39.8 Å². The van der Waals surface area contributed by atoms with E-state index in [4.69, 9.17) is 0 Å². The molecule has 0 atom stereocenters. The van der Waals surface area contributed by atoms with E-state index in [1.165, 1.54) is 12.1 Å². The van der Waals surface area contributed by atoms with Crippen molar-refractivity contribution in [1.82, 2.24) is 14.5 Å². The van der Waals surface area contributed by atoms with Gasteiger partial charge in [0.1, 0.15) is 17.8 Å². The molecule has 1 aromatic carbocycles. The standard InChI is InChI=1S/C16H20FN3O/c1-11(2)20(12(3)4)16(21)15-9-19(10-18-15)14-7-5-13(17)6-8-14/h5-12H,1-4H3. The number of rotatable bonds is 4. The Labute approximate surface area is 124 Å². The summed E-state index contributed by atoms with van der Waals surface area (Å²) in [7, 11) is 0. The molecule has 0 saturated carbocycles. The molecule has 0 fully saturated rings. The van der Waals surface area contributed by atoms with Gasteiger partial charge in [-0.2, -0.15) is 0 Å². The van der Waals surface area contributed by atoms with Gasteiger partial charge in [0, 0.05) is 24.0 Å². The minimum atomic E-state index is -0.291. The Balaban J connectivity index is 2.27. The maximum Gasteiger partial charge on any atom is 0.274 e. The number of halogens is 1. The molecular formula is C16H20FN3O. The normalized spacial score (nSPS) is 11.2. The minimum absolute atomic E-state index is 0.0964. The summed E-state index contributed by atoms with van der Waals surface area (Å²) in [5.74, 6) is -0.387. The number of carbonyl (C=O) groups excluding carboxylic acids is 1. The van der Waals surface area contributed by atoms with E-state index in [9.17, 15) is 9.18 Å². The smallest absolute Gasteiger partial charge is 0.274 e. The first-order chi connectivity index (χ1) is 9.90. The van der Waals surface area contributed by atoms with E-state index >= 15 is 0 Å². The molecule has 21 heavy (non-hydrogen) atoms. The molecule has 0 spiro atoms. The van der Waals surface area contributed by atoms with Crippen molar-refractivity contribution >= 4 is 5.91 Å². The molecule has 0 aliphatic heterocycles.